The van der Waals surface area contributed by atoms with E-state index in [1.54, 1.807) is 18.3 Å². The minimum atomic E-state index is -0.498. The van der Waals surface area contributed by atoms with Crippen LogP contribution < -0.4 is 14.4 Å². The minimum Gasteiger partial charge on any atom is -0.493 e. The molecular weight excluding hydrogens is 428 g/mol. The van der Waals surface area contributed by atoms with Crippen LogP contribution in [0.1, 0.15) is 34.1 Å². The molecule has 1 fully saturated rings. The molecule has 9 heteroatoms. The van der Waals surface area contributed by atoms with Crippen molar-refractivity contribution in [3.63, 3.8) is 0 Å². The van der Waals surface area contributed by atoms with Gasteiger partial charge in [-0.25, -0.2) is 14.8 Å². The maximum Gasteiger partial charge on any atom is 0.410 e. The first-order chi connectivity index (χ1) is 15.3. The zero-order valence-corrected chi connectivity index (χ0v) is 20.5. The smallest absolute Gasteiger partial charge is 0.410 e. The average Bonchev–Trinajstić information content (AvgIpc) is 2.77. The standard InChI is InChI=1S/C23H34N4O4S/c1-6-32-13-7-12-30-20-15-18-17(14-19(20)29-5)21(25-16-24-18)26-8-10-27(11-9-26)22(28)31-23(2,3)4/h14-16H,6-13H2,1-5H3. The number of nitrogens with zero attached hydrogens (tertiary/aromatic N) is 4. The summed E-state index contributed by atoms with van der Waals surface area (Å²) in [5.74, 6) is 4.40. The van der Waals surface area contributed by atoms with Crippen molar-refractivity contribution >= 4 is 34.6 Å². The van der Waals surface area contributed by atoms with Crippen LogP contribution in [0, 0.1) is 0 Å². The summed E-state index contributed by atoms with van der Waals surface area (Å²) in [6.45, 7) is 10.9. The number of aromatic nitrogens is 2. The van der Waals surface area contributed by atoms with Crippen LogP contribution in [-0.4, -0.2) is 78.0 Å². The molecule has 0 saturated carbocycles. The second kappa shape index (κ2) is 10.9. The normalized spacial score (nSPS) is 14.5. The van der Waals surface area contributed by atoms with Gasteiger partial charge in [-0.2, -0.15) is 11.8 Å². The van der Waals surface area contributed by atoms with E-state index in [-0.39, 0.29) is 6.09 Å². The number of methoxy groups -OCH3 is 1. The number of ether oxygens (including phenoxy) is 3. The van der Waals surface area contributed by atoms with E-state index < -0.39 is 5.60 Å². The monoisotopic (exact) mass is 462 g/mol. The topological polar surface area (TPSA) is 77.0 Å². The number of anilines is 1. The van der Waals surface area contributed by atoms with Crippen LogP contribution in [0.25, 0.3) is 10.9 Å². The van der Waals surface area contributed by atoms with E-state index >= 15 is 0 Å². The van der Waals surface area contributed by atoms with Crippen LogP contribution in [0.5, 0.6) is 11.5 Å². The Kier molecular flexibility index (Phi) is 8.28. The summed E-state index contributed by atoms with van der Waals surface area (Å²) < 4.78 is 17.1. The predicted octanol–water partition coefficient (Wildman–Crippen LogP) is 4.22. The molecule has 176 valence electrons. The van der Waals surface area contributed by atoms with Crippen molar-refractivity contribution in [1.29, 1.82) is 0 Å². The van der Waals surface area contributed by atoms with Crippen LogP contribution in [0.4, 0.5) is 10.6 Å². The Balaban J connectivity index is 1.72. The molecule has 0 N–H and O–H groups in total. The van der Waals surface area contributed by atoms with Gasteiger partial charge in [-0.15, -0.1) is 0 Å². The summed E-state index contributed by atoms with van der Waals surface area (Å²) in [5.41, 5.74) is 0.311. The van der Waals surface area contributed by atoms with Crippen LogP contribution in [0.3, 0.4) is 0 Å². The quantitative estimate of drug-likeness (QED) is 0.540. The van der Waals surface area contributed by atoms with Crippen molar-refractivity contribution in [2.24, 2.45) is 0 Å². The number of rotatable bonds is 8. The van der Waals surface area contributed by atoms with E-state index in [4.69, 9.17) is 14.2 Å². The molecule has 1 aliphatic heterocycles. The van der Waals surface area contributed by atoms with Crippen molar-refractivity contribution in [2.75, 3.05) is 56.3 Å². The van der Waals surface area contributed by atoms with Gasteiger partial charge in [0.2, 0.25) is 0 Å². The highest BCUT2D eigenvalue weighted by molar-refractivity contribution is 7.99. The van der Waals surface area contributed by atoms with Gasteiger partial charge in [-0.05, 0) is 44.8 Å². The molecule has 0 spiro atoms. The number of hydrogen-bond donors (Lipinski definition) is 0. The largest absolute Gasteiger partial charge is 0.493 e. The second-order valence-electron chi connectivity index (χ2n) is 8.57. The zero-order valence-electron chi connectivity index (χ0n) is 19.7. The lowest BCUT2D eigenvalue weighted by Gasteiger charge is -2.36. The fourth-order valence-corrected chi connectivity index (χ4v) is 4.10. The van der Waals surface area contributed by atoms with E-state index in [0.717, 1.165) is 34.6 Å². The molecule has 1 saturated heterocycles. The Hall–Kier alpha value is -2.42. The fourth-order valence-electron chi connectivity index (χ4n) is 3.49. The number of carbonyl (C=O) groups is 1. The summed E-state index contributed by atoms with van der Waals surface area (Å²) in [6, 6.07) is 3.87. The first-order valence-corrected chi connectivity index (χ1v) is 12.2. The van der Waals surface area contributed by atoms with Gasteiger partial charge in [0.15, 0.2) is 11.5 Å². The Labute approximate surface area is 194 Å². The van der Waals surface area contributed by atoms with E-state index in [0.29, 0.717) is 44.3 Å². The molecule has 0 bridgehead atoms. The SMILES string of the molecule is CCSCCCOc1cc2ncnc(N3CCN(C(=O)OC(C)(C)C)CC3)c2cc1OC. The van der Waals surface area contributed by atoms with Gasteiger partial charge in [-0.3, -0.25) is 0 Å². The highest BCUT2D eigenvalue weighted by Crippen LogP contribution is 2.35. The molecule has 1 aromatic carbocycles. The third-order valence-electron chi connectivity index (χ3n) is 5.03. The third kappa shape index (κ3) is 6.31. The lowest BCUT2D eigenvalue weighted by molar-refractivity contribution is 0.0240. The summed E-state index contributed by atoms with van der Waals surface area (Å²) in [6.07, 6.45) is 2.29. The molecule has 0 aliphatic carbocycles. The lowest BCUT2D eigenvalue weighted by Crippen LogP contribution is -2.50. The fraction of sp³-hybridized carbons (Fsp3) is 0.609. The van der Waals surface area contributed by atoms with Crippen LogP contribution in [0.15, 0.2) is 18.5 Å². The molecule has 8 nitrogen and oxygen atoms in total. The van der Waals surface area contributed by atoms with Crippen molar-refractivity contribution < 1.29 is 19.0 Å². The molecular formula is C23H34N4O4S. The van der Waals surface area contributed by atoms with Gasteiger partial charge in [0.25, 0.3) is 0 Å². The number of fused-ring (bicyclic) bond motifs is 1. The van der Waals surface area contributed by atoms with Gasteiger partial charge in [0.1, 0.15) is 17.7 Å². The Bertz CT molecular complexity index is 911. The molecule has 1 aromatic heterocycles. The van der Waals surface area contributed by atoms with E-state index in [1.807, 2.05) is 44.7 Å². The number of benzene rings is 1. The second-order valence-corrected chi connectivity index (χ2v) is 9.96. The van der Waals surface area contributed by atoms with E-state index in [9.17, 15) is 4.79 Å². The van der Waals surface area contributed by atoms with Crippen molar-refractivity contribution in [1.82, 2.24) is 14.9 Å². The maximum absolute atomic E-state index is 12.4. The highest BCUT2D eigenvalue weighted by atomic mass is 32.2. The first-order valence-electron chi connectivity index (χ1n) is 11.1. The van der Waals surface area contributed by atoms with Gasteiger partial charge in [-0.1, -0.05) is 6.92 Å². The van der Waals surface area contributed by atoms with E-state index in [2.05, 4.69) is 21.8 Å². The zero-order chi connectivity index (χ0) is 23.1. The molecule has 0 radical (unpaired) electrons. The summed E-state index contributed by atoms with van der Waals surface area (Å²) in [5, 5.41) is 0.906. The van der Waals surface area contributed by atoms with Crippen molar-refractivity contribution in [2.45, 2.75) is 39.7 Å². The molecule has 32 heavy (non-hydrogen) atoms. The molecule has 0 atom stereocenters. The number of amides is 1. The van der Waals surface area contributed by atoms with Gasteiger partial charge in [0, 0.05) is 37.6 Å². The highest BCUT2D eigenvalue weighted by Gasteiger charge is 2.27. The van der Waals surface area contributed by atoms with Crippen molar-refractivity contribution in [3.05, 3.63) is 18.5 Å². The van der Waals surface area contributed by atoms with E-state index in [1.165, 1.54) is 0 Å². The molecule has 1 amide bonds. The Morgan fingerprint density at radius 2 is 1.88 bits per heavy atom. The van der Waals surface area contributed by atoms with Crippen LogP contribution in [-0.2, 0) is 4.74 Å². The molecule has 1 aliphatic rings. The first kappa shape index (κ1) is 24.2. The Morgan fingerprint density at radius 3 is 2.53 bits per heavy atom. The maximum atomic E-state index is 12.4. The average molecular weight is 463 g/mol. The summed E-state index contributed by atoms with van der Waals surface area (Å²) >= 11 is 1.91. The number of hydrogen-bond acceptors (Lipinski definition) is 8. The summed E-state index contributed by atoms with van der Waals surface area (Å²) in [7, 11) is 1.64. The molecule has 3 rings (SSSR count). The predicted molar refractivity (Wildman–Crippen MR) is 129 cm³/mol. The Morgan fingerprint density at radius 1 is 1.12 bits per heavy atom. The number of piperazine rings is 1. The number of carbonyl (C=O) groups excluding carboxylic acids is 1. The van der Waals surface area contributed by atoms with Gasteiger partial charge >= 0.3 is 6.09 Å². The van der Waals surface area contributed by atoms with Gasteiger partial charge < -0.3 is 24.0 Å². The lowest BCUT2D eigenvalue weighted by atomic mass is 10.2. The van der Waals surface area contributed by atoms with Gasteiger partial charge in [0.05, 0.1) is 19.2 Å². The summed E-state index contributed by atoms with van der Waals surface area (Å²) in [4.78, 5) is 25.3. The minimum absolute atomic E-state index is 0.273. The van der Waals surface area contributed by atoms with Crippen LogP contribution in [0.2, 0.25) is 0 Å². The number of thioether (sulfide) groups is 1. The third-order valence-corrected chi connectivity index (χ3v) is 6.01. The molecule has 2 aromatic rings. The molecule has 0 unspecified atom stereocenters. The van der Waals surface area contributed by atoms with Crippen LogP contribution >= 0.6 is 11.8 Å². The molecule has 2 heterocycles. The van der Waals surface area contributed by atoms with Crippen molar-refractivity contribution in [3.8, 4) is 11.5 Å².